The first-order chi connectivity index (χ1) is 35.7. The quantitative estimate of drug-likeness (QED) is 0.146. The fourth-order valence-corrected chi connectivity index (χ4v) is 11.0. The lowest BCUT2D eigenvalue weighted by molar-refractivity contribution is 1.60. The molecule has 0 aromatic heterocycles. The van der Waals surface area contributed by atoms with Crippen LogP contribution in [0.15, 0.2) is 255 Å². The summed E-state index contributed by atoms with van der Waals surface area (Å²) < 4.78 is 0. The molecular weight excluding hydrogens is 865 g/mol. The summed E-state index contributed by atoms with van der Waals surface area (Å²) >= 11 is 0. The Morgan fingerprint density at radius 2 is 0.278 bits per heavy atom. The van der Waals surface area contributed by atoms with Crippen LogP contribution in [0.1, 0.15) is 33.4 Å². The third-order valence-electron chi connectivity index (χ3n) is 14.3. The Morgan fingerprint density at radius 1 is 0.139 bits per heavy atom. The highest BCUT2D eigenvalue weighted by Crippen LogP contribution is 2.26. The van der Waals surface area contributed by atoms with Crippen molar-refractivity contribution in [2.75, 3.05) is 0 Å². The first kappa shape index (κ1) is 42.7. The summed E-state index contributed by atoms with van der Waals surface area (Å²) in [4.78, 5) is 0. The monoisotopic (exact) mass is 912 g/mol. The average Bonchev–Trinajstić information content (AvgIpc) is 3.44. The predicted molar refractivity (Wildman–Crippen MR) is 309 cm³/mol. The standard InChI is InChI=1S/C72H48/c1-7-23-49(24-8-1)39-59-55-35-19-20-36-56(55)60(40-50-25-9-2-10-26-50)66-46-70-64(44-54-33-17-6-18-34-54)72-48-68-62(42-52-29-13-4-14-30-52)58-38-22-21-37-57(58)61(41-51-27-11-3-12-28-51)67(68)47-71(72)63(69(70)45-65(59)66)43-53-31-15-5-16-32-53/h1-48H/b59-39-,60-40+,61-41+,62-42-,63-43?,64-44?. The van der Waals surface area contributed by atoms with Crippen molar-refractivity contribution < 1.29 is 0 Å². The first-order valence-corrected chi connectivity index (χ1v) is 24.9. The molecule has 0 fully saturated rings. The maximum Gasteiger partial charge on any atom is -0.00921 e. The van der Waals surface area contributed by atoms with Crippen molar-refractivity contribution >= 4 is 101 Å². The summed E-state index contributed by atoms with van der Waals surface area (Å²) in [6.45, 7) is 0. The average molecular weight is 913 g/mol. The number of hydrogen-bond acceptors (Lipinski definition) is 0. The van der Waals surface area contributed by atoms with Crippen LogP contribution in [0, 0.1) is 0 Å². The summed E-state index contributed by atoms with van der Waals surface area (Å²) in [5.74, 6) is 0. The molecule has 0 radical (unpaired) electrons. The molecule has 0 aliphatic carbocycles. The summed E-state index contributed by atoms with van der Waals surface area (Å²) in [5.41, 5.74) is 6.97. The second-order valence-electron chi connectivity index (χ2n) is 18.8. The molecular formula is C72H48. The fraction of sp³-hybridized carbons (Fsp3) is 0. The highest BCUT2D eigenvalue weighted by Gasteiger charge is 2.16. The fourth-order valence-electron chi connectivity index (χ4n) is 11.0. The minimum Gasteiger partial charge on any atom is -0.0622 e. The molecule has 0 saturated heterocycles. The maximum absolute atomic E-state index is 2.51. The smallest absolute Gasteiger partial charge is 0.00921 e. The van der Waals surface area contributed by atoms with Crippen LogP contribution in [0.5, 0.6) is 0 Å². The zero-order valence-corrected chi connectivity index (χ0v) is 39.7. The Labute approximate surface area is 418 Å². The molecule has 13 aromatic rings. The Bertz CT molecular complexity index is 4050. The minimum absolute atomic E-state index is 1.15. The second-order valence-corrected chi connectivity index (χ2v) is 18.8. The molecule has 0 bridgehead atoms. The van der Waals surface area contributed by atoms with Crippen LogP contribution in [-0.4, -0.2) is 0 Å². The van der Waals surface area contributed by atoms with Gasteiger partial charge in [0, 0.05) is 0 Å². The van der Waals surface area contributed by atoms with Gasteiger partial charge in [0.05, 0.1) is 0 Å². The van der Waals surface area contributed by atoms with Crippen molar-refractivity contribution in [2.24, 2.45) is 0 Å². The van der Waals surface area contributed by atoms with Crippen LogP contribution in [0.4, 0.5) is 0 Å². The predicted octanol–water partition coefficient (Wildman–Crippen LogP) is 13.6. The lowest BCUT2D eigenvalue weighted by atomic mass is 9.88. The molecule has 0 saturated carbocycles. The second kappa shape index (κ2) is 18.5. The van der Waals surface area contributed by atoms with E-state index in [1.165, 1.54) is 118 Å². The van der Waals surface area contributed by atoms with Crippen molar-refractivity contribution in [3.8, 4) is 0 Å². The number of hydrogen-bond donors (Lipinski definition) is 0. The summed E-state index contributed by atoms with van der Waals surface area (Å²) in [6, 6.07) is 92.8. The molecule has 13 rings (SSSR count). The molecule has 0 spiro atoms. The van der Waals surface area contributed by atoms with E-state index in [-0.39, 0.29) is 0 Å². The highest BCUT2D eigenvalue weighted by atomic mass is 14.2. The van der Waals surface area contributed by atoms with Crippen LogP contribution in [-0.2, 0) is 0 Å². The Kier molecular flexibility index (Phi) is 11.0. The van der Waals surface area contributed by atoms with Gasteiger partial charge in [-0.2, -0.15) is 0 Å². The number of rotatable bonds is 6. The van der Waals surface area contributed by atoms with Crippen LogP contribution >= 0.6 is 0 Å². The van der Waals surface area contributed by atoms with Gasteiger partial charge in [-0.05, 0) is 190 Å². The largest absolute Gasteiger partial charge is 0.0622 e. The molecule has 0 N–H and O–H groups in total. The van der Waals surface area contributed by atoms with E-state index in [1.54, 1.807) is 0 Å². The van der Waals surface area contributed by atoms with Crippen molar-refractivity contribution in [3.05, 3.63) is 319 Å². The van der Waals surface area contributed by atoms with Crippen LogP contribution in [0.3, 0.4) is 0 Å². The van der Waals surface area contributed by atoms with E-state index in [0.29, 0.717) is 0 Å². The summed E-state index contributed by atoms with van der Waals surface area (Å²) in [7, 11) is 0. The first-order valence-electron chi connectivity index (χ1n) is 24.9. The third-order valence-corrected chi connectivity index (χ3v) is 14.3. The van der Waals surface area contributed by atoms with Gasteiger partial charge in [-0.1, -0.05) is 231 Å². The Balaban J connectivity index is 1.32. The van der Waals surface area contributed by atoms with E-state index in [2.05, 4.69) is 291 Å². The van der Waals surface area contributed by atoms with E-state index < -0.39 is 0 Å². The number of benzene rings is 13. The van der Waals surface area contributed by atoms with Crippen molar-refractivity contribution in [3.63, 3.8) is 0 Å². The van der Waals surface area contributed by atoms with Gasteiger partial charge in [-0.3, -0.25) is 0 Å². The highest BCUT2D eigenvalue weighted by molar-refractivity contribution is 6.14. The van der Waals surface area contributed by atoms with E-state index in [4.69, 9.17) is 0 Å². The molecule has 0 heterocycles. The lowest BCUT2D eigenvalue weighted by Crippen LogP contribution is -2.21. The van der Waals surface area contributed by atoms with E-state index >= 15 is 0 Å². The zero-order chi connectivity index (χ0) is 47.8. The van der Waals surface area contributed by atoms with Crippen LogP contribution < -0.4 is 31.3 Å². The molecule has 72 heavy (non-hydrogen) atoms. The summed E-state index contributed by atoms with van der Waals surface area (Å²) in [5, 5.41) is 21.8. The van der Waals surface area contributed by atoms with Gasteiger partial charge >= 0.3 is 0 Å². The van der Waals surface area contributed by atoms with Gasteiger partial charge in [0.2, 0.25) is 0 Å². The van der Waals surface area contributed by atoms with Crippen molar-refractivity contribution in [2.45, 2.75) is 0 Å². The van der Waals surface area contributed by atoms with Gasteiger partial charge in [0.15, 0.2) is 0 Å². The molecule has 0 aliphatic heterocycles. The van der Waals surface area contributed by atoms with Crippen LogP contribution in [0.25, 0.3) is 101 Å². The summed E-state index contributed by atoms with van der Waals surface area (Å²) in [6.07, 6.45) is 14.4. The topological polar surface area (TPSA) is 0 Å². The van der Waals surface area contributed by atoms with Gasteiger partial charge in [-0.15, -0.1) is 0 Å². The van der Waals surface area contributed by atoms with Crippen molar-refractivity contribution in [1.29, 1.82) is 0 Å². The SMILES string of the molecule is C(c1ccccc1)=c1c2cc3/c(=C\c4ccccc4)c4ccccc4/c(=C\c4ccccc4)c3cc2c(=Cc2ccccc2)c2cc3/c(=C\c4ccccc4)c4ccccc4/c(=C\c4ccccc4)c3cc12. The lowest BCUT2D eigenvalue weighted by Gasteiger charge is -2.15. The van der Waals surface area contributed by atoms with Gasteiger partial charge in [0.1, 0.15) is 0 Å². The Hall–Kier alpha value is -9.36. The zero-order valence-electron chi connectivity index (χ0n) is 39.7. The minimum atomic E-state index is 1.15. The number of fused-ring (bicyclic) bond motifs is 6. The normalized spacial score (nSPS) is 13.5. The van der Waals surface area contributed by atoms with Crippen LogP contribution in [0.2, 0.25) is 0 Å². The molecule has 13 aromatic carbocycles. The molecule has 0 amide bonds. The molecule has 0 aliphatic rings. The van der Waals surface area contributed by atoms with E-state index in [9.17, 15) is 0 Å². The third kappa shape index (κ3) is 7.96. The molecule has 0 nitrogen and oxygen atoms in total. The molecule has 0 unspecified atom stereocenters. The van der Waals surface area contributed by atoms with Gasteiger partial charge in [0.25, 0.3) is 0 Å². The molecule has 0 heteroatoms. The van der Waals surface area contributed by atoms with E-state index in [1.807, 2.05) is 0 Å². The van der Waals surface area contributed by atoms with E-state index in [0.717, 1.165) is 11.1 Å². The van der Waals surface area contributed by atoms with Gasteiger partial charge < -0.3 is 0 Å². The van der Waals surface area contributed by atoms with Gasteiger partial charge in [-0.25, -0.2) is 0 Å². The maximum atomic E-state index is 2.51. The Morgan fingerprint density at radius 3 is 0.444 bits per heavy atom. The molecule has 336 valence electrons. The molecule has 0 atom stereocenters. The van der Waals surface area contributed by atoms with Crippen molar-refractivity contribution in [1.82, 2.24) is 0 Å².